The van der Waals surface area contributed by atoms with E-state index in [1.807, 2.05) is 12.1 Å². The van der Waals surface area contributed by atoms with Crippen molar-refractivity contribution in [3.05, 3.63) is 95.8 Å². The van der Waals surface area contributed by atoms with Crippen LogP contribution in [-0.4, -0.2) is 49.7 Å². The Labute approximate surface area is 187 Å². The lowest BCUT2D eigenvalue weighted by Crippen LogP contribution is -2.48. The highest BCUT2D eigenvalue weighted by atomic mass is 32.2. The predicted octanol–water partition coefficient (Wildman–Crippen LogP) is 3.58. The van der Waals surface area contributed by atoms with Gasteiger partial charge in [-0.3, -0.25) is 9.69 Å². The van der Waals surface area contributed by atoms with Crippen molar-refractivity contribution in [2.75, 3.05) is 31.5 Å². The number of amides is 1. The second-order valence-electron chi connectivity index (χ2n) is 7.65. The van der Waals surface area contributed by atoms with Crippen LogP contribution in [0.25, 0.3) is 0 Å². The fourth-order valence-electron chi connectivity index (χ4n) is 3.63. The summed E-state index contributed by atoms with van der Waals surface area (Å²) < 4.78 is 40.0. The fraction of sp³-hybridized carbons (Fsp3) is 0.208. The number of halogens is 1. The highest BCUT2D eigenvalue weighted by Crippen LogP contribution is 2.18. The molecular formula is C24H24FN3O3S. The van der Waals surface area contributed by atoms with Gasteiger partial charge in [-0.05, 0) is 54.1 Å². The summed E-state index contributed by atoms with van der Waals surface area (Å²) in [5, 5.41) is 2.74. The number of benzene rings is 3. The third-order valence-electron chi connectivity index (χ3n) is 5.44. The number of nitrogens with one attached hydrogen (secondary N) is 1. The average molecular weight is 454 g/mol. The summed E-state index contributed by atoms with van der Waals surface area (Å²) in [6.07, 6.45) is 0. The molecule has 0 bridgehead atoms. The maximum Gasteiger partial charge on any atom is 0.255 e. The zero-order chi connectivity index (χ0) is 22.6. The highest BCUT2D eigenvalue weighted by Gasteiger charge is 2.28. The van der Waals surface area contributed by atoms with E-state index >= 15 is 0 Å². The van der Waals surface area contributed by atoms with E-state index in [0.29, 0.717) is 48.9 Å². The number of nitrogens with zero attached hydrogens (tertiary/aromatic N) is 2. The first-order chi connectivity index (χ1) is 15.4. The molecule has 166 valence electrons. The summed E-state index contributed by atoms with van der Waals surface area (Å²) in [7, 11) is -3.46. The van der Waals surface area contributed by atoms with E-state index in [-0.39, 0.29) is 11.7 Å². The van der Waals surface area contributed by atoms with Gasteiger partial charge in [-0.25, -0.2) is 12.8 Å². The van der Waals surface area contributed by atoms with Gasteiger partial charge in [0.05, 0.1) is 4.90 Å². The number of anilines is 1. The van der Waals surface area contributed by atoms with Crippen molar-refractivity contribution in [3.8, 4) is 0 Å². The van der Waals surface area contributed by atoms with Crippen molar-refractivity contribution >= 4 is 21.6 Å². The molecule has 8 heteroatoms. The van der Waals surface area contributed by atoms with Crippen LogP contribution >= 0.6 is 0 Å². The normalized spacial score (nSPS) is 15.4. The van der Waals surface area contributed by atoms with Gasteiger partial charge in [0.2, 0.25) is 10.0 Å². The first-order valence-corrected chi connectivity index (χ1v) is 11.8. The molecule has 0 aromatic heterocycles. The predicted molar refractivity (Wildman–Crippen MR) is 121 cm³/mol. The summed E-state index contributed by atoms with van der Waals surface area (Å²) in [5.74, 6) is -0.617. The highest BCUT2D eigenvalue weighted by molar-refractivity contribution is 7.89. The van der Waals surface area contributed by atoms with E-state index in [1.54, 1.807) is 42.5 Å². The van der Waals surface area contributed by atoms with E-state index < -0.39 is 10.0 Å². The number of rotatable bonds is 6. The van der Waals surface area contributed by atoms with Crippen molar-refractivity contribution in [3.63, 3.8) is 0 Å². The Morgan fingerprint density at radius 2 is 1.47 bits per heavy atom. The van der Waals surface area contributed by atoms with Gasteiger partial charge in [0, 0.05) is 44.0 Å². The number of carbonyl (C=O) groups is 1. The summed E-state index contributed by atoms with van der Waals surface area (Å²) in [6.45, 7) is 2.83. The second kappa shape index (κ2) is 9.60. The summed E-state index contributed by atoms with van der Waals surface area (Å²) in [5.41, 5.74) is 2.09. The van der Waals surface area contributed by atoms with Gasteiger partial charge < -0.3 is 5.32 Å². The molecule has 1 N–H and O–H groups in total. The zero-order valence-electron chi connectivity index (χ0n) is 17.4. The summed E-state index contributed by atoms with van der Waals surface area (Å²) >= 11 is 0. The molecule has 0 aliphatic carbocycles. The second-order valence-corrected chi connectivity index (χ2v) is 9.59. The van der Waals surface area contributed by atoms with Crippen molar-refractivity contribution in [2.45, 2.75) is 11.4 Å². The van der Waals surface area contributed by atoms with Crippen LogP contribution in [0.3, 0.4) is 0 Å². The van der Waals surface area contributed by atoms with Crippen LogP contribution in [0, 0.1) is 5.82 Å². The Morgan fingerprint density at radius 3 is 2.09 bits per heavy atom. The standard InChI is InChI=1S/C24H24FN3O3S/c25-21-10-12-22(13-11-21)26-24(29)20-8-6-19(7-9-20)18-27-14-16-28(17-15-27)32(30,31)23-4-2-1-3-5-23/h1-13H,14-18H2,(H,26,29). The van der Waals surface area contributed by atoms with Gasteiger partial charge >= 0.3 is 0 Å². The zero-order valence-corrected chi connectivity index (χ0v) is 18.3. The minimum Gasteiger partial charge on any atom is -0.322 e. The van der Waals surface area contributed by atoms with Gasteiger partial charge in [0.1, 0.15) is 5.82 Å². The first-order valence-electron chi connectivity index (χ1n) is 10.4. The maximum absolute atomic E-state index is 13.0. The molecule has 0 radical (unpaired) electrons. The van der Waals surface area contributed by atoms with Gasteiger partial charge in [-0.2, -0.15) is 4.31 Å². The smallest absolute Gasteiger partial charge is 0.255 e. The third kappa shape index (κ3) is 5.21. The molecule has 1 aliphatic heterocycles. The number of carbonyl (C=O) groups excluding carboxylic acids is 1. The summed E-state index contributed by atoms with van der Waals surface area (Å²) in [4.78, 5) is 14.9. The lowest BCUT2D eigenvalue weighted by atomic mass is 10.1. The van der Waals surface area contributed by atoms with Crippen LogP contribution in [0.15, 0.2) is 83.8 Å². The fourth-order valence-corrected chi connectivity index (χ4v) is 5.07. The monoisotopic (exact) mass is 453 g/mol. The Balaban J connectivity index is 1.31. The topological polar surface area (TPSA) is 69.7 Å². The molecule has 4 rings (SSSR count). The molecule has 1 aliphatic rings. The number of hydrogen-bond acceptors (Lipinski definition) is 4. The minimum absolute atomic E-state index is 0.261. The lowest BCUT2D eigenvalue weighted by molar-refractivity contribution is 0.102. The Hall–Kier alpha value is -3.07. The van der Waals surface area contributed by atoms with Crippen LogP contribution < -0.4 is 5.32 Å². The van der Waals surface area contributed by atoms with Gasteiger partial charge in [0.25, 0.3) is 5.91 Å². The molecule has 1 fully saturated rings. The molecular weight excluding hydrogens is 429 g/mol. The quantitative estimate of drug-likeness (QED) is 0.619. The van der Waals surface area contributed by atoms with Crippen LogP contribution in [0.4, 0.5) is 10.1 Å². The lowest BCUT2D eigenvalue weighted by Gasteiger charge is -2.34. The molecule has 6 nitrogen and oxygen atoms in total. The molecule has 1 heterocycles. The van der Waals surface area contributed by atoms with Crippen molar-refractivity contribution in [1.82, 2.24) is 9.21 Å². The first kappa shape index (κ1) is 22.1. The number of sulfonamides is 1. The van der Waals surface area contributed by atoms with E-state index in [4.69, 9.17) is 0 Å². The van der Waals surface area contributed by atoms with Crippen LogP contribution in [-0.2, 0) is 16.6 Å². The van der Waals surface area contributed by atoms with E-state index in [1.165, 1.54) is 28.6 Å². The van der Waals surface area contributed by atoms with E-state index in [9.17, 15) is 17.6 Å². The number of piperazine rings is 1. The SMILES string of the molecule is O=C(Nc1ccc(F)cc1)c1ccc(CN2CCN(S(=O)(=O)c3ccccc3)CC2)cc1. The van der Waals surface area contributed by atoms with Gasteiger partial charge in [-0.15, -0.1) is 0 Å². The molecule has 1 amide bonds. The van der Waals surface area contributed by atoms with Crippen LogP contribution in [0.2, 0.25) is 0 Å². The Morgan fingerprint density at radius 1 is 0.844 bits per heavy atom. The van der Waals surface area contributed by atoms with Crippen LogP contribution in [0.1, 0.15) is 15.9 Å². The molecule has 0 unspecified atom stereocenters. The van der Waals surface area contributed by atoms with Crippen molar-refractivity contribution in [1.29, 1.82) is 0 Å². The molecule has 0 spiro atoms. The van der Waals surface area contributed by atoms with Crippen molar-refractivity contribution < 1.29 is 17.6 Å². The molecule has 3 aromatic carbocycles. The van der Waals surface area contributed by atoms with Gasteiger partial charge in [0.15, 0.2) is 0 Å². The molecule has 1 saturated heterocycles. The molecule has 0 saturated carbocycles. The van der Waals surface area contributed by atoms with Crippen LogP contribution in [0.5, 0.6) is 0 Å². The molecule has 0 atom stereocenters. The number of hydrogen-bond donors (Lipinski definition) is 1. The van der Waals surface area contributed by atoms with Crippen molar-refractivity contribution in [2.24, 2.45) is 0 Å². The minimum atomic E-state index is -3.46. The van der Waals surface area contributed by atoms with E-state index in [2.05, 4.69) is 10.2 Å². The molecule has 32 heavy (non-hydrogen) atoms. The van der Waals surface area contributed by atoms with Gasteiger partial charge in [-0.1, -0.05) is 30.3 Å². The largest absolute Gasteiger partial charge is 0.322 e. The maximum atomic E-state index is 13.0. The average Bonchev–Trinajstić information content (AvgIpc) is 2.82. The molecule has 3 aromatic rings. The Bertz CT molecular complexity index is 1160. The summed E-state index contributed by atoms with van der Waals surface area (Å²) in [6, 6.07) is 21.4. The van der Waals surface area contributed by atoms with E-state index in [0.717, 1.165) is 5.56 Å². The Kier molecular flexibility index (Phi) is 6.64. The third-order valence-corrected chi connectivity index (χ3v) is 7.35.